The molecule has 0 spiro atoms. The van der Waals surface area contributed by atoms with E-state index in [1.165, 1.54) is 17.3 Å². The average molecular weight is 278 g/mol. The monoisotopic (exact) mass is 278 g/mol. The molecule has 0 saturated carbocycles. The zero-order valence-electron chi connectivity index (χ0n) is 9.58. The van der Waals surface area contributed by atoms with Crippen molar-refractivity contribution in [1.82, 2.24) is 4.98 Å². The van der Waals surface area contributed by atoms with Crippen molar-refractivity contribution in [2.75, 3.05) is 5.75 Å². The van der Waals surface area contributed by atoms with E-state index >= 15 is 0 Å². The van der Waals surface area contributed by atoms with Crippen molar-refractivity contribution in [3.05, 3.63) is 28.8 Å². The van der Waals surface area contributed by atoms with Crippen molar-refractivity contribution in [3.63, 3.8) is 0 Å². The van der Waals surface area contributed by atoms with Gasteiger partial charge in [0, 0.05) is 5.75 Å². The van der Waals surface area contributed by atoms with Gasteiger partial charge in [-0.1, -0.05) is 12.1 Å². The summed E-state index contributed by atoms with van der Waals surface area (Å²) in [6, 6.07) is 5.37. The lowest BCUT2D eigenvalue weighted by Gasteiger charge is -1.93. The molecule has 1 aliphatic rings. The number of hydrogen-bond donors (Lipinski definition) is 1. The van der Waals surface area contributed by atoms with Gasteiger partial charge in [-0.05, 0) is 18.6 Å². The van der Waals surface area contributed by atoms with Gasteiger partial charge in [0.15, 0.2) is 6.04 Å². The molecule has 1 aromatic carbocycles. The molecule has 2 aromatic rings. The lowest BCUT2D eigenvalue weighted by molar-refractivity contribution is -0.137. The van der Waals surface area contributed by atoms with Gasteiger partial charge in [0.2, 0.25) is 0 Å². The number of thiazole rings is 1. The molecule has 0 saturated heterocycles. The van der Waals surface area contributed by atoms with Crippen LogP contribution in [-0.4, -0.2) is 32.9 Å². The van der Waals surface area contributed by atoms with Crippen LogP contribution in [0.2, 0.25) is 0 Å². The maximum Gasteiger partial charge on any atom is 0.329 e. The Morgan fingerprint density at radius 1 is 1.50 bits per heavy atom. The van der Waals surface area contributed by atoms with Gasteiger partial charge in [-0.2, -0.15) is 0 Å². The average Bonchev–Trinajstić information content (AvgIpc) is 2.95. The second-order valence-electron chi connectivity index (χ2n) is 4.04. The number of aliphatic carboxylic acids is 1. The van der Waals surface area contributed by atoms with Crippen LogP contribution in [0.25, 0.3) is 10.2 Å². The van der Waals surface area contributed by atoms with Crippen molar-refractivity contribution in [2.45, 2.75) is 13.0 Å². The van der Waals surface area contributed by atoms with E-state index in [0.717, 1.165) is 20.3 Å². The summed E-state index contributed by atoms with van der Waals surface area (Å²) in [6.45, 7) is 2.05. The molecule has 0 bridgehead atoms. The molecule has 1 atom stereocenters. The van der Waals surface area contributed by atoms with Gasteiger partial charge in [-0.25, -0.2) is 9.78 Å². The van der Waals surface area contributed by atoms with E-state index in [2.05, 4.69) is 9.98 Å². The quantitative estimate of drug-likeness (QED) is 0.917. The Kier molecular flexibility index (Phi) is 2.83. The van der Waals surface area contributed by atoms with Crippen molar-refractivity contribution < 1.29 is 9.90 Å². The van der Waals surface area contributed by atoms with E-state index in [1.807, 2.05) is 25.1 Å². The van der Waals surface area contributed by atoms with Crippen LogP contribution in [0.1, 0.15) is 10.6 Å². The largest absolute Gasteiger partial charge is 0.480 e. The molecular weight excluding hydrogens is 268 g/mol. The fourth-order valence-electron chi connectivity index (χ4n) is 1.80. The molecule has 1 aromatic heterocycles. The van der Waals surface area contributed by atoms with Crippen LogP contribution >= 0.6 is 23.1 Å². The zero-order valence-corrected chi connectivity index (χ0v) is 11.2. The van der Waals surface area contributed by atoms with Crippen molar-refractivity contribution >= 4 is 44.3 Å². The van der Waals surface area contributed by atoms with Crippen LogP contribution in [0.15, 0.2) is 23.2 Å². The Morgan fingerprint density at radius 2 is 2.33 bits per heavy atom. The lowest BCUT2D eigenvalue weighted by atomic mass is 10.2. The minimum Gasteiger partial charge on any atom is -0.480 e. The highest BCUT2D eigenvalue weighted by atomic mass is 32.2. The molecule has 92 valence electrons. The molecule has 18 heavy (non-hydrogen) atoms. The number of benzene rings is 1. The number of hydrogen-bond acceptors (Lipinski definition) is 5. The second-order valence-corrected chi connectivity index (χ2v) is 6.05. The standard InChI is InChI=1S/C12H10N2O2S2/c1-6-3-2-4-7-9(6)18-11(13-7)10-14-8(5-17-10)12(15)16/h2-4,8H,5H2,1H3,(H,15,16). The Labute approximate surface area is 112 Å². The highest BCUT2D eigenvalue weighted by Gasteiger charge is 2.26. The maximum absolute atomic E-state index is 10.9. The van der Waals surface area contributed by atoms with Crippen molar-refractivity contribution in [3.8, 4) is 0 Å². The SMILES string of the molecule is Cc1cccc2nc(C3=NC(C(=O)O)CS3)sc12. The first-order valence-electron chi connectivity index (χ1n) is 5.45. The van der Waals surface area contributed by atoms with Crippen molar-refractivity contribution in [2.24, 2.45) is 4.99 Å². The predicted molar refractivity (Wildman–Crippen MR) is 74.8 cm³/mol. The first-order chi connectivity index (χ1) is 8.65. The molecule has 1 unspecified atom stereocenters. The van der Waals surface area contributed by atoms with Crippen LogP contribution in [0.4, 0.5) is 0 Å². The van der Waals surface area contributed by atoms with Gasteiger partial charge in [0.1, 0.15) is 10.1 Å². The van der Waals surface area contributed by atoms with E-state index in [-0.39, 0.29) is 0 Å². The predicted octanol–water partition coefficient (Wildman–Crippen LogP) is 2.55. The van der Waals surface area contributed by atoms with E-state index in [9.17, 15) is 4.79 Å². The molecule has 4 nitrogen and oxygen atoms in total. The summed E-state index contributed by atoms with van der Waals surface area (Å²) in [5, 5.41) is 10.5. The second kappa shape index (κ2) is 4.37. The third-order valence-corrected chi connectivity index (χ3v) is 5.13. The Morgan fingerprint density at radius 3 is 3.00 bits per heavy atom. The molecule has 6 heteroatoms. The van der Waals surface area contributed by atoms with Crippen molar-refractivity contribution in [1.29, 1.82) is 0 Å². The van der Waals surface area contributed by atoms with Crippen LogP contribution in [-0.2, 0) is 4.79 Å². The minimum atomic E-state index is -0.866. The van der Waals surface area contributed by atoms with Gasteiger partial charge in [0.25, 0.3) is 0 Å². The smallest absolute Gasteiger partial charge is 0.329 e. The summed E-state index contributed by atoms with van der Waals surface area (Å²) < 4.78 is 1.15. The van der Waals surface area contributed by atoms with Crippen LogP contribution in [0.3, 0.4) is 0 Å². The molecule has 3 rings (SSSR count). The number of aryl methyl sites for hydroxylation is 1. The maximum atomic E-state index is 10.9. The number of aliphatic imine (C=N–C) groups is 1. The number of carboxylic acid groups (broad SMARTS) is 1. The minimum absolute atomic E-state index is 0.500. The Bertz CT molecular complexity index is 663. The number of aromatic nitrogens is 1. The highest BCUT2D eigenvalue weighted by molar-refractivity contribution is 8.15. The summed E-state index contributed by atoms with van der Waals surface area (Å²) in [4.78, 5) is 19.6. The first kappa shape index (κ1) is 11.7. The van der Waals surface area contributed by atoms with Crippen LogP contribution in [0, 0.1) is 6.92 Å². The third kappa shape index (κ3) is 1.91. The Balaban J connectivity index is 2.03. The molecular formula is C12H10N2O2S2. The molecule has 0 aliphatic carbocycles. The molecule has 1 N–H and O–H groups in total. The molecule has 0 amide bonds. The molecule has 0 radical (unpaired) electrons. The summed E-state index contributed by atoms with van der Waals surface area (Å²) in [5.41, 5.74) is 2.15. The summed E-state index contributed by atoms with van der Waals surface area (Å²) in [5.74, 6) is -0.366. The number of thioether (sulfide) groups is 1. The number of carbonyl (C=O) groups is 1. The van der Waals surface area contributed by atoms with Gasteiger partial charge in [-0.15, -0.1) is 23.1 Å². The first-order valence-corrected chi connectivity index (χ1v) is 7.25. The van der Waals surface area contributed by atoms with E-state index < -0.39 is 12.0 Å². The van der Waals surface area contributed by atoms with Crippen LogP contribution < -0.4 is 0 Å². The summed E-state index contributed by atoms with van der Waals surface area (Å²) >= 11 is 3.05. The third-order valence-electron chi connectivity index (χ3n) is 2.73. The van der Waals surface area contributed by atoms with Gasteiger partial charge >= 0.3 is 5.97 Å². The fraction of sp³-hybridized carbons (Fsp3) is 0.250. The van der Waals surface area contributed by atoms with E-state index in [4.69, 9.17) is 5.11 Å². The Hall–Kier alpha value is -1.40. The normalized spacial score (nSPS) is 19.2. The lowest BCUT2D eigenvalue weighted by Crippen LogP contribution is -2.17. The molecule has 0 fully saturated rings. The van der Waals surface area contributed by atoms with Gasteiger partial charge < -0.3 is 5.11 Å². The molecule has 2 heterocycles. The number of carboxylic acids is 1. The van der Waals surface area contributed by atoms with E-state index in [1.54, 1.807) is 11.3 Å². The number of rotatable bonds is 2. The zero-order chi connectivity index (χ0) is 12.7. The topological polar surface area (TPSA) is 62.5 Å². The highest BCUT2D eigenvalue weighted by Crippen LogP contribution is 2.31. The number of nitrogens with zero attached hydrogens (tertiary/aromatic N) is 2. The summed E-state index contributed by atoms with van der Waals surface area (Å²) in [7, 11) is 0. The number of fused-ring (bicyclic) bond motifs is 1. The fourth-order valence-corrected chi connectivity index (χ4v) is 3.93. The van der Waals surface area contributed by atoms with E-state index in [0.29, 0.717) is 5.75 Å². The summed E-state index contributed by atoms with van der Waals surface area (Å²) in [6.07, 6.45) is 0. The molecule has 1 aliphatic heterocycles. The van der Waals surface area contributed by atoms with Crippen LogP contribution in [0.5, 0.6) is 0 Å². The van der Waals surface area contributed by atoms with Gasteiger partial charge in [-0.3, -0.25) is 4.99 Å². The van der Waals surface area contributed by atoms with Gasteiger partial charge in [0.05, 0.1) is 10.2 Å².